The zero-order valence-corrected chi connectivity index (χ0v) is 10.8. The number of halogens is 3. The van der Waals surface area contributed by atoms with Gasteiger partial charge in [-0.05, 0) is 12.1 Å². The Hall–Kier alpha value is -1.86. The number of oxazole rings is 1. The lowest BCUT2D eigenvalue weighted by Crippen LogP contribution is -2.19. The van der Waals surface area contributed by atoms with Gasteiger partial charge in [-0.1, -0.05) is 0 Å². The lowest BCUT2D eigenvalue weighted by molar-refractivity contribution is 0.199. The summed E-state index contributed by atoms with van der Waals surface area (Å²) < 4.78 is 49.3. The lowest BCUT2D eigenvalue weighted by Gasteiger charge is -2.05. The Morgan fingerprint density at radius 1 is 1.25 bits per heavy atom. The first kappa shape index (κ1) is 14.5. The van der Waals surface area contributed by atoms with Crippen molar-refractivity contribution in [1.82, 2.24) is 10.3 Å². The third-order valence-electron chi connectivity index (χ3n) is 2.66. The van der Waals surface area contributed by atoms with Gasteiger partial charge in [0.1, 0.15) is 5.69 Å². The predicted molar refractivity (Wildman–Crippen MR) is 65.4 cm³/mol. The fourth-order valence-electron chi connectivity index (χ4n) is 1.70. The monoisotopic (exact) mass is 286 g/mol. The molecule has 0 bridgehead atoms. The van der Waals surface area contributed by atoms with Gasteiger partial charge < -0.3 is 14.5 Å². The Kier molecular flexibility index (Phi) is 4.75. The van der Waals surface area contributed by atoms with Gasteiger partial charge in [0.2, 0.25) is 0 Å². The maximum absolute atomic E-state index is 13.2. The van der Waals surface area contributed by atoms with E-state index < -0.39 is 17.5 Å². The number of ether oxygens (including phenoxy) is 1. The van der Waals surface area contributed by atoms with E-state index in [0.29, 0.717) is 25.4 Å². The summed E-state index contributed by atoms with van der Waals surface area (Å²) in [5.74, 6) is -3.84. The van der Waals surface area contributed by atoms with E-state index in [1.165, 1.54) is 6.39 Å². The van der Waals surface area contributed by atoms with Crippen molar-refractivity contribution in [3.63, 3.8) is 0 Å². The summed E-state index contributed by atoms with van der Waals surface area (Å²) in [6, 6.07) is 1.75. The van der Waals surface area contributed by atoms with E-state index >= 15 is 0 Å². The molecule has 4 nitrogen and oxygen atoms in total. The van der Waals surface area contributed by atoms with Crippen LogP contribution in [0.2, 0.25) is 0 Å². The maximum atomic E-state index is 13.2. The number of nitrogens with zero attached hydrogens (tertiary/aromatic N) is 1. The van der Waals surface area contributed by atoms with Crippen molar-refractivity contribution in [2.75, 3.05) is 20.3 Å². The highest BCUT2D eigenvalue weighted by molar-refractivity contribution is 5.59. The van der Waals surface area contributed by atoms with Crippen LogP contribution < -0.4 is 5.32 Å². The summed E-state index contributed by atoms with van der Waals surface area (Å²) in [5.41, 5.74) is 0.578. The summed E-state index contributed by atoms with van der Waals surface area (Å²) in [6.07, 6.45) is 1.17. The van der Waals surface area contributed by atoms with Crippen molar-refractivity contribution in [2.45, 2.75) is 6.54 Å². The van der Waals surface area contributed by atoms with Gasteiger partial charge in [-0.15, -0.1) is 0 Å². The van der Waals surface area contributed by atoms with Crippen LogP contribution in [-0.4, -0.2) is 25.2 Å². The van der Waals surface area contributed by atoms with Crippen LogP contribution in [0, 0.1) is 17.5 Å². The summed E-state index contributed by atoms with van der Waals surface area (Å²) in [6.45, 7) is 1.46. The minimum atomic E-state index is -1.51. The van der Waals surface area contributed by atoms with Gasteiger partial charge in [0.05, 0.1) is 6.61 Å². The third kappa shape index (κ3) is 3.17. The van der Waals surface area contributed by atoms with Crippen molar-refractivity contribution in [1.29, 1.82) is 0 Å². The third-order valence-corrected chi connectivity index (χ3v) is 2.66. The fraction of sp³-hybridized carbons (Fsp3) is 0.308. The summed E-state index contributed by atoms with van der Waals surface area (Å²) in [7, 11) is 1.58. The Morgan fingerprint density at radius 3 is 2.60 bits per heavy atom. The van der Waals surface area contributed by atoms with Crippen LogP contribution >= 0.6 is 0 Å². The molecule has 0 aliphatic heterocycles. The first-order valence-corrected chi connectivity index (χ1v) is 5.90. The smallest absolute Gasteiger partial charge is 0.194 e. The molecule has 1 aromatic heterocycles. The molecule has 0 aliphatic rings. The van der Waals surface area contributed by atoms with E-state index in [1.54, 1.807) is 7.11 Å². The predicted octanol–water partition coefficient (Wildman–Crippen LogP) is 2.49. The van der Waals surface area contributed by atoms with Crippen LogP contribution in [0.25, 0.3) is 11.3 Å². The highest BCUT2D eigenvalue weighted by atomic mass is 19.2. The topological polar surface area (TPSA) is 47.3 Å². The number of hydrogen-bond donors (Lipinski definition) is 1. The van der Waals surface area contributed by atoms with Gasteiger partial charge in [-0.2, -0.15) is 0 Å². The molecule has 0 fully saturated rings. The number of rotatable bonds is 6. The van der Waals surface area contributed by atoms with E-state index in [-0.39, 0.29) is 11.3 Å². The quantitative estimate of drug-likeness (QED) is 0.654. The van der Waals surface area contributed by atoms with E-state index in [0.717, 1.165) is 12.1 Å². The van der Waals surface area contributed by atoms with Crippen molar-refractivity contribution < 1.29 is 22.3 Å². The van der Waals surface area contributed by atoms with Crippen LogP contribution in [0.15, 0.2) is 22.9 Å². The number of nitrogens with one attached hydrogen (secondary N) is 1. The van der Waals surface area contributed by atoms with E-state index in [4.69, 9.17) is 9.15 Å². The fourth-order valence-corrected chi connectivity index (χ4v) is 1.70. The van der Waals surface area contributed by atoms with Crippen molar-refractivity contribution in [3.05, 3.63) is 41.7 Å². The first-order chi connectivity index (χ1) is 9.63. The Bertz CT molecular complexity index is 564. The van der Waals surface area contributed by atoms with Gasteiger partial charge in [-0.25, -0.2) is 18.2 Å². The van der Waals surface area contributed by atoms with Crippen LogP contribution in [0.5, 0.6) is 0 Å². The van der Waals surface area contributed by atoms with Gasteiger partial charge in [0.15, 0.2) is 29.6 Å². The van der Waals surface area contributed by atoms with Crippen molar-refractivity contribution in [2.24, 2.45) is 0 Å². The molecule has 0 spiro atoms. The molecule has 2 rings (SSSR count). The molecule has 108 valence electrons. The van der Waals surface area contributed by atoms with Crippen LogP contribution in [0.1, 0.15) is 5.69 Å². The SMILES string of the molecule is COCCNCc1ncoc1-c1cc(F)c(F)c(F)c1. The normalized spacial score (nSPS) is 11.0. The zero-order valence-electron chi connectivity index (χ0n) is 10.8. The highest BCUT2D eigenvalue weighted by Crippen LogP contribution is 2.26. The number of hydrogen-bond acceptors (Lipinski definition) is 4. The largest absolute Gasteiger partial charge is 0.443 e. The van der Waals surface area contributed by atoms with E-state index in [2.05, 4.69) is 10.3 Å². The maximum Gasteiger partial charge on any atom is 0.194 e. The van der Waals surface area contributed by atoms with E-state index in [1.807, 2.05) is 0 Å². The Balaban J connectivity index is 2.19. The molecular formula is C13H13F3N2O2. The molecule has 1 aromatic carbocycles. The minimum Gasteiger partial charge on any atom is -0.443 e. The molecule has 20 heavy (non-hydrogen) atoms. The van der Waals surface area contributed by atoms with Gasteiger partial charge in [0, 0.05) is 25.8 Å². The van der Waals surface area contributed by atoms with Crippen molar-refractivity contribution in [3.8, 4) is 11.3 Å². The molecule has 0 unspecified atom stereocenters. The average molecular weight is 286 g/mol. The van der Waals surface area contributed by atoms with Gasteiger partial charge in [-0.3, -0.25) is 0 Å². The molecular weight excluding hydrogens is 273 g/mol. The molecule has 0 saturated heterocycles. The molecule has 7 heteroatoms. The molecule has 1 N–H and O–H groups in total. The van der Waals surface area contributed by atoms with Crippen molar-refractivity contribution >= 4 is 0 Å². The number of benzene rings is 1. The number of methoxy groups -OCH3 is 1. The zero-order chi connectivity index (χ0) is 14.5. The first-order valence-electron chi connectivity index (χ1n) is 5.90. The molecule has 0 radical (unpaired) electrons. The average Bonchev–Trinajstić information content (AvgIpc) is 2.89. The second-order valence-corrected chi connectivity index (χ2v) is 4.05. The molecule has 0 atom stereocenters. The second-order valence-electron chi connectivity index (χ2n) is 4.05. The molecule has 0 aliphatic carbocycles. The minimum absolute atomic E-state index is 0.0995. The summed E-state index contributed by atoms with van der Waals surface area (Å²) >= 11 is 0. The molecule has 1 heterocycles. The molecule has 0 amide bonds. The van der Waals surface area contributed by atoms with E-state index in [9.17, 15) is 13.2 Å². The highest BCUT2D eigenvalue weighted by Gasteiger charge is 2.16. The standard InChI is InChI=1S/C13H13F3N2O2/c1-19-3-2-17-6-11-13(20-7-18-11)8-4-9(14)12(16)10(15)5-8/h4-5,7,17H,2-3,6H2,1H3. The molecule has 0 saturated carbocycles. The Morgan fingerprint density at radius 2 is 1.95 bits per heavy atom. The second kappa shape index (κ2) is 6.53. The van der Waals surface area contributed by atoms with Crippen LogP contribution in [0.3, 0.4) is 0 Å². The van der Waals surface area contributed by atoms with Gasteiger partial charge in [0.25, 0.3) is 0 Å². The van der Waals surface area contributed by atoms with Crippen LogP contribution in [-0.2, 0) is 11.3 Å². The van der Waals surface area contributed by atoms with Crippen LogP contribution in [0.4, 0.5) is 13.2 Å². The summed E-state index contributed by atoms with van der Waals surface area (Å²) in [4.78, 5) is 3.96. The Labute approximate surface area is 113 Å². The van der Waals surface area contributed by atoms with Gasteiger partial charge >= 0.3 is 0 Å². The number of aromatic nitrogens is 1. The lowest BCUT2D eigenvalue weighted by atomic mass is 10.1. The summed E-state index contributed by atoms with van der Waals surface area (Å²) in [5, 5.41) is 3.03. The molecule has 2 aromatic rings.